The first-order valence-corrected chi connectivity index (χ1v) is 5.49. The van der Waals surface area contributed by atoms with Crippen LogP contribution in [0.4, 0.5) is 5.69 Å². The first-order valence-electron chi connectivity index (χ1n) is 5.49. The van der Waals surface area contributed by atoms with E-state index >= 15 is 0 Å². The van der Waals surface area contributed by atoms with E-state index in [-0.39, 0.29) is 5.84 Å². The average molecular weight is 229 g/mol. The van der Waals surface area contributed by atoms with Gasteiger partial charge in [0.1, 0.15) is 5.84 Å². The maximum atomic E-state index is 8.44. The van der Waals surface area contributed by atoms with Crippen molar-refractivity contribution in [3.8, 4) is 0 Å². The molecule has 0 radical (unpaired) electrons. The van der Waals surface area contributed by atoms with Gasteiger partial charge in [-0.3, -0.25) is 0 Å². The summed E-state index contributed by atoms with van der Waals surface area (Å²) in [6, 6.07) is 14.3. The van der Waals surface area contributed by atoms with Gasteiger partial charge in [-0.15, -0.1) is 0 Å². The highest BCUT2D eigenvalue weighted by atomic mass is 16.4. The zero-order valence-corrected chi connectivity index (χ0v) is 9.43. The number of amidine groups is 1. The highest BCUT2D eigenvalue weighted by Gasteiger charge is 1.99. The quantitative estimate of drug-likeness (QED) is 0.326. The van der Waals surface area contributed by atoms with Gasteiger partial charge in [-0.05, 0) is 11.5 Å². The lowest BCUT2D eigenvalue weighted by Gasteiger charge is -2.09. The Bertz CT molecular complexity index is 532. The van der Waals surface area contributed by atoms with Gasteiger partial charge in [0.15, 0.2) is 0 Å². The number of nitrogens with zero attached hydrogens (tertiary/aromatic N) is 1. The van der Waals surface area contributed by atoms with Gasteiger partial charge in [0.05, 0.1) is 0 Å². The van der Waals surface area contributed by atoms with Crippen LogP contribution in [0.15, 0.2) is 47.6 Å². The minimum Gasteiger partial charge on any atom is -0.409 e. The molecule has 0 fully saturated rings. The Balaban J connectivity index is 2.13. The fourth-order valence-electron chi connectivity index (χ4n) is 1.75. The number of hydrogen-bond acceptors (Lipinski definition) is 3. The summed E-state index contributed by atoms with van der Waals surface area (Å²) < 4.78 is 0. The molecule has 0 amide bonds. The Morgan fingerprint density at radius 2 is 1.94 bits per heavy atom. The predicted octanol–water partition coefficient (Wildman–Crippen LogP) is 2.39. The third-order valence-corrected chi connectivity index (χ3v) is 2.61. The van der Waals surface area contributed by atoms with Crippen LogP contribution in [0.1, 0.15) is 6.42 Å². The van der Waals surface area contributed by atoms with Crippen LogP contribution in [0, 0.1) is 0 Å². The Morgan fingerprint density at radius 1 is 1.18 bits per heavy atom. The molecule has 2 aromatic carbocycles. The third kappa shape index (κ3) is 2.66. The van der Waals surface area contributed by atoms with E-state index in [4.69, 9.17) is 10.9 Å². The average Bonchev–Trinajstić information content (AvgIpc) is 2.39. The van der Waals surface area contributed by atoms with E-state index in [1.54, 1.807) is 0 Å². The molecule has 2 aromatic rings. The van der Waals surface area contributed by atoms with Crippen molar-refractivity contribution < 1.29 is 5.21 Å². The lowest BCUT2D eigenvalue weighted by atomic mass is 10.1. The normalized spacial score (nSPS) is 11.6. The minimum atomic E-state index is 0.234. The summed E-state index contributed by atoms with van der Waals surface area (Å²) in [4.78, 5) is 0. The van der Waals surface area contributed by atoms with Crippen LogP contribution < -0.4 is 11.1 Å². The summed E-state index contributed by atoms with van der Waals surface area (Å²) in [7, 11) is 0. The Hall–Kier alpha value is -2.23. The second kappa shape index (κ2) is 5.21. The zero-order chi connectivity index (χ0) is 12.1. The summed E-state index contributed by atoms with van der Waals surface area (Å²) >= 11 is 0. The molecule has 0 saturated heterocycles. The summed E-state index contributed by atoms with van der Waals surface area (Å²) in [5.74, 6) is 0.234. The summed E-state index contributed by atoms with van der Waals surface area (Å²) in [6.07, 6.45) is 0.514. The van der Waals surface area contributed by atoms with E-state index in [0.29, 0.717) is 13.0 Å². The van der Waals surface area contributed by atoms with Gasteiger partial charge >= 0.3 is 0 Å². The van der Waals surface area contributed by atoms with Crippen LogP contribution in [0.5, 0.6) is 0 Å². The van der Waals surface area contributed by atoms with Crippen molar-refractivity contribution in [2.75, 3.05) is 11.9 Å². The van der Waals surface area contributed by atoms with Gasteiger partial charge in [0.25, 0.3) is 0 Å². The molecule has 4 nitrogen and oxygen atoms in total. The van der Waals surface area contributed by atoms with Gasteiger partial charge in [0, 0.05) is 24.0 Å². The van der Waals surface area contributed by atoms with Crippen molar-refractivity contribution in [3.63, 3.8) is 0 Å². The molecule has 2 rings (SSSR count). The fourth-order valence-corrected chi connectivity index (χ4v) is 1.75. The molecule has 0 aliphatic carbocycles. The smallest absolute Gasteiger partial charge is 0.140 e. The molecule has 0 aliphatic heterocycles. The molecule has 4 heteroatoms. The summed E-state index contributed by atoms with van der Waals surface area (Å²) in [6.45, 7) is 0.643. The molecule has 17 heavy (non-hydrogen) atoms. The molecule has 0 aliphatic rings. The SMILES string of the molecule is NC(CCNc1cccc2ccccc12)=NO. The molecule has 0 aromatic heterocycles. The fraction of sp³-hybridized carbons (Fsp3) is 0.154. The van der Waals surface area contributed by atoms with Gasteiger partial charge < -0.3 is 16.3 Å². The Kier molecular flexibility index (Phi) is 3.45. The van der Waals surface area contributed by atoms with E-state index < -0.39 is 0 Å². The number of anilines is 1. The Morgan fingerprint density at radius 3 is 2.76 bits per heavy atom. The van der Waals surface area contributed by atoms with Crippen molar-refractivity contribution in [3.05, 3.63) is 42.5 Å². The maximum absolute atomic E-state index is 8.44. The highest BCUT2D eigenvalue weighted by molar-refractivity contribution is 5.93. The largest absolute Gasteiger partial charge is 0.409 e. The number of nitrogens with two attached hydrogens (primary N) is 1. The molecule has 0 atom stereocenters. The second-order valence-corrected chi connectivity index (χ2v) is 3.79. The molecule has 0 unspecified atom stereocenters. The van der Waals surface area contributed by atoms with Crippen molar-refractivity contribution in [2.24, 2.45) is 10.9 Å². The zero-order valence-electron chi connectivity index (χ0n) is 9.43. The molecule has 0 spiro atoms. The van der Waals surface area contributed by atoms with E-state index in [1.807, 2.05) is 24.3 Å². The first kappa shape index (κ1) is 11.3. The van der Waals surface area contributed by atoms with Crippen molar-refractivity contribution in [2.45, 2.75) is 6.42 Å². The maximum Gasteiger partial charge on any atom is 0.140 e. The van der Waals surface area contributed by atoms with Gasteiger partial charge in [-0.2, -0.15) is 0 Å². The van der Waals surface area contributed by atoms with E-state index in [0.717, 1.165) is 5.69 Å². The number of oxime groups is 1. The molecule has 88 valence electrons. The number of fused-ring (bicyclic) bond motifs is 1. The van der Waals surface area contributed by atoms with Crippen LogP contribution >= 0.6 is 0 Å². The molecule has 0 heterocycles. The van der Waals surface area contributed by atoms with Crippen molar-refractivity contribution >= 4 is 22.3 Å². The molecular formula is C13H15N3O. The standard InChI is InChI=1S/C13H15N3O/c14-13(16-17)8-9-15-12-7-3-5-10-4-1-2-6-11(10)12/h1-7,15,17H,8-9H2,(H2,14,16). The number of hydrogen-bond donors (Lipinski definition) is 3. The number of nitrogens with one attached hydrogen (secondary N) is 1. The van der Waals surface area contributed by atoms with Gasteiger partial charge in [0.2, 0.25) is 0 Å². The number of benzene rings is 2. The monoisotopic (exact) mass is 229 g/mol. The van der Waals surface area contributed by atoms with Crippen LogP contribution in [0.25, 0.3) is 10.8 Å². The van der Waals surface area contributed by atoms with E-state index in [1.165, 1.54) is 10.8 Å². The predicted molar refractivity (Wildman–Crippen MR) is 70.5 cm³/mol. The summed E-state index contributed by atoms with van der Waals surface area (Å²) in [5.41, 5.74) is 6.47. The number of rotatable bonds is 4. The van der Waals surface area contributed by atoms with Gasteiger partial charge in [-0.25, -0.2) is 0 Å². The summed E-state index contributed by atoms with van der Waals surface area (Å²) in [5, 5.41) is 17.0. The van der Waals surface area contributed by atoms with Gasteiger partial charge in [-0.1, -0.05) is 41.6 Å². The van der Waals surface area contributed by atoms with Crippen LogP contribution in [0.2, 0.25) is 0 Å². The van der Waals surface area contributed by atoms with Crippen LogP contribution in [-0.4, -0.2) is 17.6 Å². The molecule has 0 saturated carbocycles. The lowest BCUT2D eigenvalue weighted by molar-refractivity contribution is 0.317. The van der Waals surface area contributed by atoms with Crippen molar-refractivity contribution in [1.29, 1.82) is 0 Å². The lowest BCUT2D eigenvalue weighted by Crippen LogP contribution is -2.16. The van der Waals surface area contributed by atoms with Crippen LogP contribution in [-0.2, 0) is 0 Å². The van der Waals surface area contributed by atoms with Crippen molar-refractivity contribution in [1.82, 2.24) is 0 Å². The molecule has 0 bridgehead atoms. The second-order valence-electron chi connectivity index (χ2n) is 3.79. The van der Waals surface area contributed by atoms with E-state index in [9.17, 15) is 0 Å². The molecule has 4 N–H and O–H groups in total. The first-order chi connectivity index (χ1) is 8.31. The van der Waals surface area contributed by atoms with E-state index in [2.05, 4.69) is 28.7 Å². The third-order valence-electron chi connectivity index (χ3n) is 2.61. The molecular weight excluding hydrogens is 214 g/mol. The minimum absolute atomic E-state index is 0.234. The van der Waals surface area contributed by atoms with Crippen LogP contribution in [0.3, 0.4) is 0 Å². The highest BCUT2D eigenvalue weighted by Crippen LogP contribution is 2.22. The Labute approximate surface area is 99.7 Å². The topological polar surface area (TPSA) is 70.6 Å².